The summed E-state index contributed by atoms with van der Waals surface area (Å²) in [6, 6.07) is 18.0. The van der Waals surface area contributed by atoms with Gasteiger partial charge < -0.3 is 15.2 Å². The number of rotatable bonds is 7. The van der Waals surface area contributed by atoms with Crippen LogP contribution in [0.4, 0.5) is 0 Å². The van der Waals surface area contributed by atoms with Crippen molar-refractivity contribution >= 4 is 0 Å². The number of ether oxygens (including phenoxy) is 1. The summed E-state index contributed by atoms with van der Waals surface area (Å²) < 4.78 is 5.36. The Kier molecular flexibility index (Phi) is 5.78. The minimum Gasteiger partial charge on any atom is -0.496 e. The van der Waals surface area contributed by atoms with Crippen molar-refractivity contribution in [3.63, 3.8) is 0 Å². The van der Waals surface area contributed by atoms with Gasteiger partial charge in [-0.25, -0.2) is 0 Å². The highest BCUT2D eigenvalue weighted by Crippen LogP contribution is 2.19. The van der Waals surface area contributed by atoms with Gasteiger partial charge >= 0.3 is 0 Å². The Bertz CT molecular complexity index is 542. The van der Waals surface area contributed by atoms with E-state index < -0.39 is 6.10 Å². The zero-order valence-electron chi connectivity index (χ0n) is 12.6. The first-order valence-corrected chi connectivity index (χ1v) is 7.29. The molecule has 0 aliphatic heterocycles. The Balaban J connectivity index is 1.86. The van der Waals surface area contributed by atoms with E-state index in [0.29, 0.717) is 6.54 Å². The van der Waals surface area contributed by atoms with Crippen LogP contribution in [-0.4, -0.2) is 24.8 Å². The molecule has 0 radical (unpaired) electrons. The first-order valence-electron chi connectivity index (χ1n) is 7.29. The summed E-state index contributed by atoms with van der Waals surface area (Å²) in [7, 11) is 1.69. The van der Waals surface area contributed by atoms with Crippen LogP contribution in [0.15, 0.2) is 54.6 Å². The van der Waals surface area contributed by atoms with E-state index in [4.69, 9.17) is 4.74 Å². The van der Waals surface area contributed by atoms with Crippen LogP contribution in [0.3, 0.4) is 0 Å². The first kappa shape index (κ1) is 15.5. The molecule has 3 nitrogen and oxygen atoms in total. The fourth-order valence-electron chi connectivity index (χ4n) is 2.38. The van der Waals surface area contributed by atoms with Gasteiger partial charge in [0, 0.05) is 12.6 Å². The molecule has 0 heterocycles. The average molecular weight is 285 g/mol. The van der Waals surface area contributed by atoms with Gasteiger partial charge in [0.05, 0.1) is 13.2 Å². The predicted molar refractivity (Wildman–Crippen MR) is 85.6 cm³/mol. The average Bonchev–Trinajstić information content (AvgIpc) is 2.54. The van der Waals surface area contributed by atoms with Gasteiger partial charge in [-0.15, -0.1) is 0 Å². The fourth-order valence-corrected chi connectivity index (χ4v) is 2.38. The number of aliphatic hydroxyl groups excluding tert-OH is 1. The van der Waals surface area contributed by atoms with Crippen molar-refractivity contribution in [3.8, 4) is 5.75 Å². The third-order valence-corrected chi connectivity index (χ3v) is 3.56. The van der Waals surface area contributed by atoms with E-state index in [9.17, 15) is 5.11 Å². The summed E-state index contributed by atoms with van der Waals surface area (Å²) in [4.78, 5) is 0. The number of hydrogen-bond donors (Lipinski definition) is 2. The van der Waals surface area contributed by atoms with Gasteiger partial charge in [-0.1, -0.05) is 48.5 Å². The molecule has 112 valence electrons. The summed E-state index contributed by atoms with van der Waals surface area (Å²) in [6.07, 6.45) is 0.386. The number of benzene rings is 2. The van der Waals surface area contributed by atoms with Crippen LogP contribution in [0.2, 0.25) is 0 Å². The van der Waals surface area contributed by atoms with Crippen molar-refractivity contribution in [1.82, 2.24) is 5.32 Å². The van der Waals surface area contributed by atoms with Crippen LogP contribution in [-0.2, 0) is 6.42 Å². The summed E-state index contributed by atoms with van der Waals surface area (Å²) >= 11 is 0. The van der Waals surface area contributed by atoms with E-state index in [0.717, 1.165) is 17.7 Å². The van der Waals surface area contributed by atoms with E-state index in [1.165, 1.54) is 5.56 Å². The minimum atomic E-state index is -0.480. The van der Waals surface area contributed by atoms with E-state index >= 15 is 0 Å². The van der Waals surface area contributed by atoms with Gasteiger partial charge in [0.25, 0.3) is 0 Å². The number of aliphatic hydroxyl groups is 1. The lowest BCUT2D eigenvalue weighted by atomic mass is 10.1. The maximum Gasteiger partial charge on any atom is 0.122 e. The molecule has 0 fully saturated rings. The molecule has 0 bridgehead atoms. The Hall–Kier alpha value is -1.84. The molecular formula is C18H23NO2. The van der Waals surface area contributed by atoms with Gasteiger partial charge in [-0.3, -0.25) is 0 Å². The van der Waals surface area contributed by atoms with Crippen molar-refractivity contribution < 1.29 is 9.84 Å². The largest absolute Gasteiger partial charge is 0.496 e. The summed E-state index contributed by atoms with van der Waals surface area (Å²) in [5.74, 6) is 0.912. The third-order valence-electron chi connectivity index (χ3n) is 3.56. The van der Waals surface area contributed by atoms with Gasteiger partial charge in [0.2, 0.25) is 0 Å². The molecule has 0 unspecified atom stereocenters. The number of para-hydroxylation sites is 1. The highest BCUT2D eigenvalue weighted by Gasteiger charge is 2.11. The molecule has 0 spiro atoms. The Morgan fingerprint density at radius 3 is 2.43 bits per heavy atom. The molecule has 2 N–H and O–H groups in total. The van der Waals surface area contributed by atoms with E-state index in [1.807, 2.05) is 48.5 Å². The molecule has 2 aromatic carbocycles. The van der Waals surface area contributed by atoms with E-state index in [-0.39, 0.29) is 6.04 Å². The first-order chi connectivity index (χ1) is 10.2. The highest BCUT2D eigenvalue weighted by molar-refractivity contribution is 5.33. The van der Waals surface area contributed by atoms with Crippen molar-refractivity contribution in [2.24, 2.45) is 0 Å². The van der Waals surface area contributed by atoms with Crippen molar-refractivity contribution in [3.05, 3.63) is 65.7 Å². The zero-order valence-corrected chi connectivity index (χ0v) is 12.6. The Morgan fingerprint density at radius 1 is 1.05 bits per heavy atom. The standard InChI is InChI=1S/C18H23NO2/c1-14(12-16-10-6-7-11-18(16)21-2)19-13-17(20)15-8-4-3-5-9-15/h3-11,14,17,19-20H,12-13H2,1-2H3/t14-,17+/m1/s1. The van der Waals surface area contributed by atoms with E-state index in [2.05, 4.69) is 18.3 Å². The SMILES string of the molecule is COc1ccccc1C[C@@H](C)NC[C@H](O)c1ccccc1. The van der Waals surface area contributed by atoms with Crippen LogP contribution < -0.4 is 10.1 Å². The lowest BCUT2D eigenvalue weighted by Gasteiger charge is -2.18. The van der Waals surface area contributed by atoms with Crippen LogP contribution >= 0.6 is 0 Å². The summed E-state index contributed by atoms with van der Waals surface area (Å²) in [5.41, 5.74) is 2.11. The van der Waals surface area contributed by atoms with Gasteiger partial charge in [-0.2, -0.15) is 0 Å². The van der Waals surface area contributed by atoms with Crippen molar-refractivity contribution in [2.45, 2.75) is 25.5 Å². The molecule has 0 aromatic heterocycles. The molecule has 0 aliphatic rings. The molecule has 0 amide bonds. The topological polar surface area (TPSA) is 41.5 Å². The van der Waals surface area contributed by atoms with Crippen LogP contribution in [0.25, 0.3) is 0 Å². The Morgan fingerprint density at radius 2 is 1.71 bits per heavy atom. The fraction of sp³-hybridized carbons (Fsp3) is 0.333. The molecule has 2 atom stereocenters. The van der Waals surface area contributed by atoms with Crippen LogP contribution in [0.1, 0.15) is 24.2 Å². The number of methoxy groups -OCH3 is 1. The highest BCUT2D eigenvalue weighted by atomic mass is 16.5. The summed E-state index contributed by atoms with van der Waals surface area (Å²) in [5, 5.41) is 13.5. The molecule has 0 saturated heterocycles. The Labute approximate surface area is 126 Å². The zero-order chi connectivity index (χ0) is 15.1. The monoisotopic (exact) mass is 285 g/mol. The van der Waals surface area contributed by atoms with Crippen LogP contribution in [0, 0.1) is 0 Å². The maximum atomic E-state index is 10.1. The lowest BCUT2D eigenvalue weighted by molar-refractivity contribution is 0.170. The molecule has 2 rings (SSSR count). The normalized spacial score (nSPS) is 13.7. The number of hydrogen-bond acceptors (Lipinski definition) is 3. The second-order valence-corrected chi connectivity index (χ2v) is 5.25. The molecule has 21 heavy (non-hydrogen) atoms. The van der Waals surface area contributed by atoms with Gasteiger partial charge in [0.15, 0.2) is 0 Å². The molecule has 0 aliphatic carbocycles. The third kappa shape index (κ3) is 4.59. The molecule has 3 heteroatoms. The molecule has 2 aromatic rings. The lowest BCUT2D eigenvalue weighted by Crippen LogP contribution is -2.32. The van der Waals surface area contributed by atoms with Gasteiger partial charge in [0.1, 0.15) is 5.75 Å². The second-order valence-electron chi connectivity index (χ2n) is 5.25. The smallest absolute Gasteiger partial charge is 0.122 e. The van der Waals surface area contributed by atoms with Crippen molar-refractivity contribution in [1.29, 1.82) is 0 Å². The summed E-state index contributed by atoms with van der Waals surface area (Å²) in [6.45, 7) is 2.66. The predicted octanol–water partition coefficient (Wildman–Crippen LogP) is 2.95. The molecular weight excluding hydrogens is 262 g/mol. The van der Waals surface area contributed by atoms with E-state index in [1.54, 1.807) is 7.11 Å². The van der Waals surface area contributed by atoms with Crippen LogP contribution in [0.5, 0.6) is 5.75 Å². The second kappa shape index (κ2) is 7.81. The van der Waals surface area contributed by atoms with Crippen molar-refractivity contribution in [2.75, 3.05) is 13.7 Å². The quantitative estimate of drug-likeness (QED) is 0.822. The number of nitrogens with one attached hydrogen (secondary N) is 1. The molecule has 0 saturated carbocycles. The minimum absolute atomic E-state index is 0.264. The van der Waals surface area contributed by atoms with Gasteiger partial charge in [-0.05, 0) is 30.5 Å². The maximum absolute atomic E-state index is 10.1.